The second-order valence-corrected chi connectivity index (χ2v) is 6.04. The molecule has 0 saturated heterocycles. The summed E-state index contributed by atoms with van der Waals surface area (Å²) >= 11 is 0. The summed E-state index contributed by atoms with van der Waals surface area (Å²) in [6.45, 7) is -0.498. The first kappa shape index (κ1) is 20.7. The highest BCUT2D eigenvalue weighted by Crippen LogP contribution is 2.25. The summed E-state index contributed by atoms with van der Waals surface area (Å²) in [5.74, 6) is -0.784. The van der Waals surface area contributed by atoms with Crippen LogP contribution in [0.25, 0.3) is 0 Å². The average Bonchev–Trinajstić information content (AvgIpc) is 3.32. The monoisotopic (exact) mass is 409 g/mol. The first-order valence-corrected chi connectivity index (χ1v) is 8.89. The first-order chi connectivity index (χ1) is 14.5. The molecule has 0 radical (unpaired) electrons. The number of amides is 1. The molecule has 0 atom stereocenters. The van der Waals surface area contributed by atoms with Crippen LogP contribution in [-0.4, -0.2) is 38.5 Å². The molecule has 30 heavy (non-hydrogen) atoms. The van der Waals surface area contributed by atoms with Crippen LogP contribution in [0.3, 0.4) is 0 Å². The Balaban J connectivity index is 1.70. The third-order valence-corrected chi connectivity index (χ3v) is 4.18. The predicted octanol–water partition coefficient (Wildman–Crippen LogP) is 3.59. The number of hydrogen-bond acceptors (Lipinski definition) is 7. The quantitative estimate of drug-likeness (QED) is 0.448. The number of methoxy groups -OCH3 is 2. The molecule has 3 aromatic rings. The summed E-state index contributed by atoms with van der Waals surface area (Å²) < 4.78 is 20.5. The number of Topliss-reactive ketones (excluding diaryl/α,β-unsaturated/α-hetero) is 1. The van der Waals surface area contributed by atoms with E-state index in [2.05, 4.69) is 5.32 Å². The van der Waals surface area contributed by atoms with Gasteiger partial charge in [0.25, 0.3) is 5.91 Å². The smallest absolute Gasteiger partial charge is 0.340 e. The maximum Gasteiger partial charge on any atom is 0.340 e. The van der Waals surface area contributed by atoms with Crippen molar-refractivity contribution in [3.8, 4) is 11.5 Å². The number of para-hydroxylation sites is 1. The highest BCUT2D eigenvalue weighted by molar-refractivity contribution is 6.07. The van der Waals surface area contributed by atoms with Crippen LogP contribution in [0.5, 0.6) is 11.5 Å². The van der Waals surface area contributed by atoms with Gasteiger partial charge in [-0.1, -0.05) is 12.1 Å². The Labute approximate surface area is 172 Å². The number of esters is 1. The molecule has 2 aromatic carbocycles. The van der Waals surface area contributed by atoms with E-state index < -0.39 is 24.3 Å². The van der Waals surface area contributed by atoms with Crippen molar-refractivity contribution in [2.45, 2.75) is 0 Å². The fourth-order valence-corrected chi connectivity index (χ4v) is 2.68. The van der Waals surface area contributed by atoms with Gasteiger partial charge in [-0.25, -0.2) is 4.79 Å². The van der Waals surface area contributed by atoms with E-state index in [0.717, 1.165) is 0 Å². The summed E-state index contributed by atoms with van der Waals surface area (Å²) in [6, 6.07) is 14.1. The summed E-state index contributed by atoms with van der Waals surface area (Å²) in [5.41, 5.74) is 0.593. The highest BCUT2D eigenvalue weighted by Gasteiger charge is 2.19. The van der Waals surface area contributed by atoms with Crippen molar-refractivity contribution in [3.63, 3.8) is 0 Å². The number of benzene rings is 2. The van der Waals surface area contributed by atoms with Crippen molar-refractivity contribution >= 4 is 23.3 Å². The lowest BCUT2D eigenvalue weighted by atomic mass is 10.1. The molecule has 8 heteroatoms. The zero-order valence-corrected chi connectivity index (χ0v) is 16.3. The molecule has 0 bridgehead atoms. The Hall–Kier alpha value is -4.07. The van der Waals surface area contributed by atoms with E-state index in [1.54, 1.807) is 36.4 Å². The van der Waals surface area contributed by atoms with Crippen LogP contribution in [-0.2, 0) is 4.74 Å². The minimum absolute atomic E-state index is 0.0972. The van der Waals surface area contributed by atoms with Gasteiger partial charge in [0.2, 0.25) is 5.78 Å². The maximum absolute atomic E-state index is 12.5. The molecule has 1 heterocycles. The minimum atomic E-state index is -0.758. The fraction of sp³-hybridized carbons (Fsp3) is 0.136. The van der Waals surface area contributed by atoms with E-state index in [-0.39, 0.29) is 22.6 Å². The van der Waals surface area contributed by atoms with Gasteiger partial charge in [-0.15, -0.1) is 0 Å². The molecule has 0 unspecified atom stereocenters. The van der Waals surface area contributed by atoms with Gasteiger partial charge in [0.05, 0.1) is 37.3 Å². The molecule has 1 amide bonds. The normalized spacial score (nSPS) is 10.2. The molecule has 3 rings (SSSR count). The molecule has 8 nitrogen and oxygen atoms in total. The fourth-order valence-electron chi connectivity index (χ4n) is 2.68. The molecule has 1 N–H and O–H groups in total. The molecule has 0 fully saturated rings. The Bertz CT molecular complexity index is 1060. The van der Waals surface area contributed by atoms with Crippen molar-refractivity contribution in [1.82, 2.24) is 0 Å². The number of ether oxygens (including phenoxy) is 3. The lowest BCUT2D eigenvalue weighted by molar-refractivity contribution is 0.0475. The minimum Gasteiger partial charge on any atom is -0.497 e. The van der Waals surface area contributed by atoms with Crippen LogP contribution in [0, 0.1) is 0 Å². The lowest BCUT2D eigenvalue weighted by Gasteiger charge is -2.11. The number of carbonyl (C=O) groups excluding carboxylic acids is 3. The summed E-state index contributed by atoms with van der Waals surface area (Å²) in [4.78, 5) is 37.2. The third-order valence-electron chi connectivity index (χ3n) is 4.18. The van der Waals surface area contributed by atoms with Crippen molar-refractivity contribution in [3.05, 3.63) is 77.7 Å². The van der Waals surface area contributed by atoms with Gasteiger partial charge in [0.1, 0.15) is 11.5 Å². The molecule has 1 aromatic heterocycles. The van der Waals surface area contributed by atoms with Gasteiger partial charge in [-0.3, -0.25) is 9.59 Å². The van der Waals surface area contributed by atoms with Gasteiger partial charge in [0.15, 0.2) is 12.4 Å². The molecular weight excluding hydrogens is 390 g/mol. The van der Waals surface area contributed by atoms with Crippen LogP contribution in [0.4, 0.5) is 5.69 Å². The predicted molar refractivity (Wildman–Crippen MR) is 107 cm³/mol. The highest BCUT2D eigenvalue weighted by atomic mass is 16.5. The van der Waals surface area contributed by atoms with Crippen molar-refractivity contribution < 1.29 is 33.0 Å². The molecule has 0 aliphatic rings. The Morgan fingerprint density at radius 1 is 0.933 bits per heavy atom. The number of nitrogens with one attached hydrogen (secondary N) is 1. The van der Waals surface area contributed by atoms with Gasteiger partial charge >= 0.3 is 5.97 Å². The molecule has 0 spiro atoms. The Morgan fingerprint density at radius 3 is 2.43 bits per heavy atom. The largest absolute Gasteiger partial charge is 0.497 e. The second kappa shape index (κ2) is 9.42. The lowest BCUT2D eigenvalue weighted by Crippen LogP contribution is -2.18. The van der Waals surface area contributed by atoms with E-state index in [1.165, 1.54) is 38.7 Å². The van der Waals surface area contributed by atoms with E-state index in [0.29, 0.717) is 11.5 Å². The number of rotatable bonds is 8. The second-order valence-electron chi connectivity index (χ2n) is 6.04. The van der Waals surface area contributed by atoms with Gasteiger partial charge in [-0.05, 0) is 36.4 Å². The van der Waals surface area contributed by atoms with E-state index in [1.807, 2.05) is 0 Å². The Kier molecular flexibility index (Phi) is 6.49. The molecule has 0 aliphatic carbocycles. The van der Waals surface area contributed by atoms with Crippen molar-refractivity contribution in [1.29, 1.82) is 0 Å². The van der Waals surface area contributed by atoms with E-state index in [9.17, 15) is 14.4 Å². The number of carbonyl (C=O) groups is 3. The van der Waals surface area contributed by atoms with Crippen LogP contribution < -0.4 is 14.8 Å². The number of anilines is 1. The molecule has 0 aliphatic heterocycles. The summed E-state index contributed by atoms with van der Waals surface area (Å²) in [6.07, 6.45) is 1.37. The van der Waals surface area contributed by atoms with Crippen LogP contribution in [0.15, 0.2) is 65.3 Å². The number of ketones is 1. The van der Waals surface area contributed by atoms with E-state index in [4.69, 9.17) is 18.6 Å². The molecular formula is C22H19NO7. The van der Waals surface area contributed by atoms with E-state index >= 15 is 0 Å². The summed E-state index contributed by atoms with van der Waals surface area (Å²) in [5, 5.41) is 2.59. The van der Waals surface area contributed by atoms with Crippen molar-refractivity contribution in [2.24, 2.45) is 0 Å². The zero-order chi connectivity index (χ0) is 21.5. The van der Waals surface area contributed by atoms with Crippen LogP contribution >= 0.6 is 0 Å². The molecule has 154 valence electrons. The SMILES string of the molecule is COc1ccc(C(=O)COC(=O)c2ccccc2NC(=O)c2ccco2)c(OC)c1. The zero-order valence-electron chi connectivity index (χ0n) is 16.3. The molecule has 0 saturated carbocycles. The van der Waals surface area contributed by atoms with Gasteiger partial charge < -0.3 is 23.9 Å². The Morgan fingerprint density at radius 2 is 1.73 bits per heavy atom. The van der Waals surface area contributed by atoms with Gasteiger partial charge in [0, 0.05) is 6.07 Å². The van der Waals surface area contributed by atoms with Gasteiger partial charge in [-0.2, -0.15) is 0 Å². The first-order valence-electron chi connectivity index (χ1n) is 8.89. The average molecular weight is 409 g/mol. The standard InChI is InChI=1S/C22H19NO7/c1-27-14-9-10-16(20(12-14)28-2)18(24)13-30-22(26)15-6-3-4-7-17(15)23-21(25)19-8-5-11-29-19/h3-12H,13H2,1-2H3,(H,23,25). The van der Waals surface area contributed by atoms with Crippen LogP contribution in [0.1, 0.15) is 31.3 Å². The third kappa shape index (κ3) is 4.67. The maximum atomic E-state index is 12.5. The summed E-state index contributed by atoms with van der Waals surface area (Å²) in [7, 11) is 2.93. The number of hydrogen-bond donors (Lipinski definition) is 1. The van der Waals surface area contributed by atoms with Crippen LogP contribution in [0.2, 0.25) is 0 Å². The van der Waals surface area contributed by atoms with Crippen molar-refractivity contribution in [2.75, 3.05) is 26.1 Å². The topological polar surface area (TPSA) is 104 Å². The number of furan rings is 1.